The molecule has 0 aromatic heterocycles. The summed E-state index contributed by atoms with van der Waals surface area (Å²) in [4.78, 5) is 38.2. The summed E-state index contributed by atoms with van der Waals surface area (Å²) in [6.07, 6.45) is 89.8. The monoisotopic (exact) mass is 1080 g/mol. The van der Waals surface area contributed by atoms with Gasteiger partial charge in [-0.1, -0.05) is 304 Å². The molecule has 0 radical (unpaired) electrons. The van der Waals surface area contributed by atoms with Crippen molar-refractivity contribution in [2.24, 2.45) is 0 Å². The van der Waals surface area contributed by atoms with Crippen LogP contribution in [0.25, 0.3) is 0 Å². The lowest BCUT2D eigenvalue weighted by atomic mass is 10.0. The average Bonchev–Trinajstić information content (AvgIpc) is 3.44. The third-order valence-electron chi connectivity index (χ3n) is 14.0. The number of carbonyl (C=O) groups is 3. The van der Waals surface area contributed by atoms with Crippen LogP contribution in [0, 0.1) is 0 Å². The van der Waals surface area contributed by atoms with Crippen molar-refractivity contribution in [1.29, 1.82) is 0 Å². The van der Waals surface area contributed by atoms with Crippen LogP contribution in [0.5, 0.6) is 0 Å². The molecule has 0 aromatic carbocycles. The van der Waals surface area contributed by atoms with Gasteiger partial charge in [-0.25, -0.2) is 0 Å². The molecule has 0 aliphatic heterocycles. The van der Waals surface area contributed by atoms with Crippen LogP contribution in [0.1, 0.15) is 310 Å². The van der Waals surface area contributed by atoms with Crippen LogP contribution < -0.4 is 0 Å². The Bertz CT molecular complexity index is 1570. The van der Waals surface area contributed by atoms with Crippen LogP contribution >= 0.6 is 0 Å². The van der Waals surface area contributed by atoms with E-state index in [0.717, 1.165) is 103 Å². The minimum Gasteiger partial charge on any atom is -0.462 e. The SMILES string of the molecule is CC/C=C\C/C=C\C/C=C\C/C=C\C/C=C\CCCC(=O)OC(COC(=O)CCCCCCCCCCCCCC)COC(=O)CCCCCCCCCCCCCCCCCCCC/C=C\C/C=C\C/C=C\C/C=C\CC. The van der Waals surface area contributed by atoms with E-state index < -0.39 is 6.10 Å². The highest BCUT2D eigenvalue weighted by atomic mass is 16.6. The van der Waals surface area contributed by atoms with Gasteiger partial charge in [0.15, 0.2) is 6.10 Å². The van der Waals surface area contributed by atoms with Crippen molar-refractivity contribution in [1.82, 2.24) is 0 Å². The Morgan fingerprint density at radius 2 is 0.513 bits per heavy atom. The maximum absolute atomic E-state index is 12.9. The summed E-state index contributed by atoms with van der Waals surface area (Å²) < 4.78 is 16.9. The molecular weight excluding hydrogens is 961 g/mol. The molecule has 0 amide bonds. The number of hydrogen-bond acceptors (Lipinski definition) is 6. The molecule has 0 N–H and O–H groups in total. The molecule has 0 fully saturated rings. The summed E-state index contributed by atoms with van der Waals surface area (Å²) >= 11 is 0. The molecule has 446 valence electrons. The lowest BCUT2D eigenvalue weighted by Gasteiger charge is -2.18. The van der Waals surface area contributed by atoms with Crippen LogP contribution in [-0.4, -0.2) is 37.2 Å². The molecule has 0 saturated heterocycles. The predicted octanol–water partition coefficient (Wildman–Crippen LogP) is 22.6. The van der Waals surface area contributed by atoms with Crippen LogP contribution in [0.3, 0.4) is 0 Å². The van der Waals surface area contributed by atoms with Gasteiger partial charge >= 0.3 is 17.9 Å². The lowest BCUT2D eigenvalue weighted by molar-refractivity contribution is -0.167. The largest absolute Gasteiger partial charge is 0.462 e. The van der Waals surface area contributed by atoms with Gasteiger partial charge in [-0.2, -0.15) is 0 Å². The zero-order chi connectivity index (χ0) is 56.4. The van der Waals surface area contributed by atoms with Crippen molar-refractivity contribution in [2.75, 3.05) is 13.2 Å². The van der Waals surface area contributed by atoms with Crippen molar-refractivity contribution >= 4 is 17.9 Å². The molecule has 0 rings (SSSR count). The Hall–Kier alpha value is -3.93. The maximum Gasteiger partial charge on any atom is 0.306 e. The van der Waals surface area contributed by atoms with E-state index in [1.165, 1.54) is 161 Å². The van der Waals surface area contributed by atoms with Crippen molar-refractivity contribution in [3.05, 3.63) is 109 Å². The maximum atomic E-state index is 12.9. The Labute approximate surface area is 482 Å². The third-order valence-corrected chi connectivity index (χ3v) is 14.0. The molecule has 1 unspecified atom stereocenters. The molecule has 6 heteroatoms. The van der Waals surface area contributed by atoms with Gasteiger partial charge in [0.1, 0.15) is 13.2 Å². The van der Waals surface area contributed by atoms with E-state index in [2.05, 4.69) is 130 Å². The average molecular weight is 1080 g/mol. The van der Waals surface area contributed by atoms with Crippen molar-refractivity contribution in [2.45, 2.75) is 316 Å². The van der Waals surface area contributed by atoms with Gasteiger partial charge in [0.25, 0.3) is 0 Å². The Kier molecular flexibility index (Phi) is 62.3. The summed E-state index contributed by atoms with van der Waals surface area (Å²) in [6.45, 7) is 6.39. The first kappa shape index (κ1) is 74.1. The molecule has 0 aliphatic rings. The van der Waals surface area contributed by atoms with Gasteiger partial charge in [0.2, 0.25) is 0 Å². The number of carbonyl (C=O) groups excluding carboxylic acids is 3. The quantitative estimate of drug-likeness (QED) is 0.0261. The summed E-state index contributed by atoms with van der Waals surface area (Å²) in [5.41, 5.74) is 0. The Balaban J connectivity index is 4.23. The van der Waals surface area contributed by atoms with Crippen LogP contribution in [0.2, 0.25) is 0 Å². The fourth-order valence-corrected chi connectivity index (χ4v) is 9.18. The zero-order valence-corrected chi connectivity index (χ0v) is 51.2. The summed E-state index contributed by atoms with van der Waals surface area (Å²) in [6, 6.07) is 0. The normalized spacial score (nSPS) is 12.8. The summed E-state index contributed by atoms with van der Waals surface area (Å²) in [7, 11) is 0. The molecule has 0 spiro atoms. The van der Waals surface area contributed by atoms with E-state index >= 15 is 0 Å². The molecule has 0 bridgehead atoms. The fraction of sp³-hybridized carbons (Fsp3) is 0.708. The first-order valence-electron chi connectivity index (χ1n) is 32.9. The fourth-order valence-electron chi connectivity index (χ4n) is 9.18. The predicted molar refractivity (Wildman–Crippen MR) is 339 cm³/mol. The summed E-state index contributed by atoms with van der Waals surface area (Å²) in [5, 5.41) is 0. The van der Waals surface area contributed by atoms with Gasteiger partial charge in [-0.3, -0.25) is 14.4 Å². The molecule has 0 saturated carbocycles. The molecule has 0 aromatic rings. The Morgan fingerprint density at radius 3 is 0.821 bits per heavy atom. The number of ether oxygens (including phenoxy) is 3. The van der Waals surface area contributed by atoms with E-state index in [0.29, 0.717) is 19.3 Å². The van der Waals surface area contributed by atoms with E-state index in [4.69, 9.17) is 14.2 Å². The number of rotatable bonds is 59. The highest BCUT2D eigenvalue weighted by Crippen LogP contribution is 2.17. The summed E-state index contributed by atoms with van der Waals surface area (Å²) in [5.74, 6) is -0.946. The number of allylic oxidation sites excluding steroid dienone is 18. The molecule has 6 nitrogen and oxygen atoms in total. The van der Waals surface area contributed by atoms with Gasteiger partial charge in [0.05, 0.1) is 0 Å². The topological polar surface area (TPSA) is 78.9 Å². The highest BCUT2D eigenvalue weighted by molar-refractivity contribution is 5.71. The lowest BCUT2D eigenvalue weighted by Crippen LogP contribution is -2.30. The van der Waals surface area contributed by atoms with Crippen LogP contribution in [-0.2, 0) is 28.6 Å². The minimum atomic E-state index is -0.806. The van der Waals surface area contributed by atoms with Crippen molar-refractivity contribution in [3.63, 3.8) is 0 Å². The molecule has 1 atom stereocenters. The van der Waals surface area contributed by atoms with Crippen molar-refractivity contribution in [3.8, 4) is 0 Å². The van der Waals surface area contributed by atoms with Crippen molar-refractivity contribution < 1.29 is 28.6 Å². The number of hydrogen-bond donors (Lipinski definition) is 0. The van der Waals surface area contributed by atoms with Gasteiger partial charge in [-0.15, -0.1) is 0 Å². The van der Waals surface area contributed by atoms with E-state index in [9.17, 15) is 14.4 Å². The highest BCUT2D eigenvalue weighted by Gasteiger charge is 2.19. The number of unbranched alkanes of at least 4 members (excludes halogenated alkanes) is 30. The Morgan fingerprint density at radius 1 is 0.269 bits per heavy atom. The van der Waals surface area contributed by atoms with Gasteiger partial charge in [0, 0.05) is 19.3 Å². The van der Waals surface area contributed by atoms with Gasteiger partial charge < -0.3 is 14.2 Å². The van der Waals surface area contributed by atoms with E-state index in [1.807, 2.05) is 0 Å². The second kappa shape index (κ2) is 65.6. The third kappa shape index (κ3) is 62.9. The number of esters is 3. The van der Waals surface area contributed by atoms with E-state index in [1.54, 1.807) is 0 Å². The van der Waals surface area contributed by atoms with Crippen LogP contribution in [0.15, 0.2) is 109 Å². The molecule has 78 heavy (non-hydrogen) atoms. The second-order valence-electron chi connectivity index (χ2n) is 21.6. The van der Waals surface area contributed by atoms with Crippen LogP contribution in [0.4, 0.5) is 0 Å². The zero-order valence-electron chi connectivity index (χ0n) is 51.2. The first-order valence-corrected chi connectivity index (χ1v) is 32.9. The molecular formula is C72H122O6. The molecule has 0 aliphatic carbocycles. The molecule has 0 heterocycles. The van der Waals surface area contributed by atoms with E-state index in [-0.39, 0.29) is 37.5 Å². The smallest absolute Gasteiger partial charge is 0.306 e. The first-order chi connectivity index (χ1) is 38.5. The second-order valence-corrected chi connectivity index (χ2v) is 21.6. The minimum absolute atomic E-state index is 0.0970. The van der Waals surface area contributed by atoms with Gasteiger partial charge in [-0.05, 0) is 96.3 Å². The standard InChI is InChI=1S/C72H122O6/c1-4-7-10-13-16-19-22-25-27-29-30-31-32-33-34-35-36-37-38-39-40-41-42-44-45-47-50-53-56-59-62-65-71(74)77-68-69(67-76-70(73)64-61-58-55-52-49-24-21-18-15-12-9-6-3)78-72(75)66-63-60-57-54-51-48-46-43-28-26-23-20-17-14-11-8-5-2/h7-8,10-11,16-17,19-20,25-28,30-31,46,48,54,57,69H,4-6,9,12-15,18,21-24,29,32-45,47,49-53,55-56,58-68H2,1-3H3/b10-7-,11-8-,19-16-,20-17-,27-25-,28-26-,31-30-,48-46-,57-54-.